The lowest BCUT2D eigenvalue weighted by atomic mass is 10.3. The molecule has 0 fully saturated rings. The molecule has 0 spiro atoms. The summed E-state index contributed by atoms with van der Waals surface area (Å²) in [6.45, 7) is 1.89. The number of carbonyl (C=O) groups excluding carboxylic acids is 1. The first-order valence-electron chi connectivity index (χ1n) is 6.52. The standard InChI is InChI=1S/C14H13N5OS2/c1-10-7-21-13(16-10)17-12(20)8-22-14-18-15-9-19(14)11-5-3-2-4-6-11/h2-7,9H,8H2,1H3,(H,16,17,20). The number of para-hydroxylation sites is 1. The number of aromatic nitrogens is 4. The van der Waals surface area contributed by atoms with Gasteiger partial charge in [0, 0.05) is 11.1 Å². The first-order valence-corrected chi connectivity index (χ1v) is 8.39. The molecule has 2 heterocycles. The molecular weight excluding hydrogens is 318 g/mol. The zero-order valence-corrected chi connectivity index (χ0v) is 13.4. The quantitative estimate of drug-likeness (QED) is 0.728. The van der Waals surface area contributed by atoms with Gasteiger partial charge in [-0.1, -0.05) is 30.0 Å². The zero-order valence-electron chi connectivity index (χ0n) is 11.8. The van der Waals surface area contributed by atoms with Crippen molar-refractivity contribution in [3.63, 3.8) is 0 Å². The lowest BCUT2D eigenvalue weighted by molar-refractivity contribution is -0.113. The highest BCUT2D eigenvalue weighted by atomic mass is 32.2. The summed E-state index contributed by atoms with van der Waals surface area (Å²) in [5.41, 5.74) is 1.86. The van der Waals surface area contributed by atoms with E-state index in [4.69, 9.17) is 0 Å². The molecular formula is C14H13N5OS2. The van der Waals surface area contributed by atoms with Crippen molar-refractivity contribution >= 4 is 34.1 Å². The monoisotopic (exact) mass is 331 g/mol. The summed E-state index contributed by atoms with van der Waals surface area (Å²) >= 11 is 2.75. The van der Waals surface area contributed by atoms with Gasteiger partial charge in [0.05, 0.1) is 11.4 Å². The summed E-state index contributed by atoms with van der Waals surface area (Å²) in [5.74, 6) is 0.145. The third-order valence-electron chi connectivity index (χ3n) is 2.75. The van der Waals surface area contributed by atoms with Crippen molar-refractivity contribution in [3.05, 3.63) is 47.7 Å². The summed E-state index contributed by atoms with van der Waals surface area (Å²) < 4.78 is 1.85. The second-order valence-corrected chi connectivity index (χ2v) is 6.25. The van der Waals surface area contributed by atoms with E-state index in [2.05, 4.69) is 20.5 Å². The van der Waals surface area contributed by atoms with E-state index < -0.39 is 0 Å². The van der Waals surface area contributed by atoms with Gasteiger partial charge in [0.25, 0.3) is 0 Å². The predicted molar refractivity (Wildman–Crippen MR) is 87.6 cm³/mol. The Hall–Kier alpha value is -2.19. The second-order valence-electron chi connectivity index (χ2n) is 4.45. The third-order valence-corrected chi connectivity index (χ3v) is 4.57. The summed E-state index contributed by atoms with van der Waals surface area (Å²) in [4.78, 5) is 16.1. The van der Waals surface area contributed by atoms with Crippen LogP contribution in [-0.4, -0.2) is 31.4 Å². The molecule has 3 rings (SSSR count). The van der Waals surface area contributed by atoms with Gasteiger partial charge in [-0.3, -0.25) is 9.36 Å². The van der Waals surface area contributed by atoms with Gasteiger partial charge in [0.1, 0.15) is 6.33 Å². The number of thiazole rings is 1. The van der Waals surface area contributed by atoms with Crippen LogP contribution in [0.15, 0.2) is 47.2 Å². The van der Waals surface area contributed by atoms with Crippen molar-refractivity contribution in [1.82, 2.24) is 19.7 Å². The van der Waals surface area contributed by atoms with Crippen LogP contribution in [0.25, 0.3) is 5.69 Å². The first kappa shape index (κ1) is 14.7. The van der Waals surface area contributed by atoms with E-state index in [1.54, 1.807) is 6.33 Å². The van der Waals surface area contributed by atoms with Crippen LogP contribution < -0.4 is 5.32 Å². The van der Waals surface area contributed by atoms with Crippen molar-refractivity contribution in [3.8, 4) is 5.69 Å². The van der Waals surface area contributed by atoms with Gasteiger partial charge >= 0.3 is 0 Å². The van der Waals surface area contributed by atoms with Gasteiger partial charge in [-0.2, -0.15) is 0 Å². The van der Waals surface area contributed by atoms with Gasteiger partial charge < -0.3 is 5.32 Å². The molecule has 0 radical (unpaired) electrons. The Morgan fingerprint density at radius 3 is 2.91 bits per heavy atom. The van der Waals surface area contributed by atoms with Gasteiger partial charge in [0.15, 0.2) is 10.3 Å². The Morgan fingerprint density at radius 2 is 2.18 bits per heavy atom. The molecule has 1 amide bonds. The maximum absolute atomic E-state index is 11.9. The Morgan fingerprint density at radius 1 is 1.36 bits per heavy atom. The first-order chi connectivity index (χ1) is 10.7. The normalized spacial score (nSPS) is 10.6. The molecule has 0 aliphatic rings. The molecule has 1 N–H and O–H groups in total. The number of hydrogen-bond acceptors (Lipinski definition) is 6. The van der Waals surface area contributed by atoms with Crippen molar-refractivity contribution in [1.29, 1.82) is 0 Å². The highest BCUT2D eigenvalue weighted by molar-refractivity contribution is 7.99. The molecule has 0 saturated carbocycles. The number of amides is 1. The average molecular weight is 331 g/mol. The number of nitrogens with zero attached hydrogens (tertiary/aromatic N) is 4. The number of benzene rings is 1. The lowest BCUT2D eigenvalue weighted by Gasteiger charge is -2.05. The molecule has 112 valence electrons. The molecule has 6 nitrogen and oxygen atoms in total. The summed E-state index contributed by atoms with van der Waals surface area (Å²) in [6.07, 6.45) is 1.64. The van der Waals surface area contributed by atoms with Gasteiger partial charge in [0.2, 0.25) is 5.91 Å². The molecule has 22 heavy (non-hydrogen) atoms. The van der Waals surface area contributed by atoms with Gasteiger partial charge in [-0.05, 0) is 19.1 Å². The maximum atomic E-state index is 11.9. The highest BCUT2D eigenvalue weighted by Gasteiger charge is 2.11. The second kappa shape index (κ2) is 6.71. The number of hydrogen-bond donors (Lipinski definition) is 1. The lowest BCUT2D eigenvalue weighted by Crippen LogP contribution is -2.14. The SMILES string of the molecule is Cc1csc(NC(=O)CSc2nncn2-c2ccccc2)n1. The van der Waals surface area contributed by atoms with Crippen molar-refractivity contribution in [2.45, 2.75) is 12.1 Å². The van der Waals surface area contributed by atoms with Crippen LogP contribution in [0, 0.1) is 6.92 Å². The summed E-state index contributed by atoms with van der Waals surface area (Å²) in [7, 11) is 0. The summed E-state index contributed by atoms with van der Waals surface area (Å²) in [5, 5.41) is 13.9. The molecule has 3 aromatic rings. The van der Waals surface area contributed by atoms with Crippen LogP contribution in [0.4, 0.5) is 5.13 Å². The predicted octanol–water partition coefficient (Wildman–Crippen LogP) is 2.76. The smallest absolute Gasteiger partial charge is 0.236 e. The topological polar surface area (TPSA) is 72.7 Å². The average Bonchev–Trinajstić information content (AvgIpc) is 3.15. The molecule has 0 atom stereocenters. The number of rotatable bonds is 5. The van der Waals surface area contributed by atoms with E-state index in [0.717, 1.165) is 11.4 Å². The fourth-order valence-corrected chi connectivity index (χ4v) is 3.22. The van der Waals surface area contributed by atoms with Crippen molar-refractivity contribution < 1.29 is 4.79 Å². The number of thioether (sulfide) groups is 1. The van der Waals surface area contributed by atoms with Crippen LogP contribution in [-0.2, 0) is 4.79 Å². The van der Waals surface area contributed by atoms with E-state index in [1.165, 1.54) is 23.1 Å². The van der Waals surface area contributed by atoms with Gasteiger partial charge in [-0.25, -0.2) is 4.98 Å². The maximum Gasteiger partial charge on any atom is 0.236 e. The number of nitrogens with one attached hydrogen (secondary N) is 1. The van der Waals surface area contributed by atoms with Crippen LogP contribution in [0.2, 0.25) is 0 Å². The molecule has 0 aliphatic carbocycles. The van der Waals surface area contributed by atoms with Gasteiger partial charge in [-0.15, -0.1) is 21.5 Å². The molecule has 0 unspecified atom stereocenters. The Balaban J connectivity index is 1.63. The summed E-state index contributed by atoms with van der Waals surface area (Å²) in [6, 6.07) is 9.77. The van der Waals surface area contributed by atoms with Crippen molar-refractivity contribution in [2.75, 3.05) is 11.1 Å². The molecule has 0 bridgehead atoms. The van der Waals surface area contributed by atoms with E-state index >= 15 is 0 Å². The number of anilines is 1. The Bertz CT molecular complexity index is 768. The zero-order chi connectivity index (χ0) is 15.4. The molecule has 8 heteroatoms. The molecule has 2 aromatic heterocycles. The molecule has 1 aromatic carbocycles. The Labute approximate surface area is 135 Å². The number of aryl methyl sites for hydroxylation is 1. The minimum atomic E-state index is -0.109. The van der Waals surface area contributed by atoms with Crippen LogP contribution in [0.3, 0.4) is 0 Å². The largest absolute Gasteiger partial charge is 0.301 e. The van der Waals surface area contributed by atoms with Crippen LogP contribution in [0.5, 0.6) is 0 Å². The molecule has 0 aliphatic heterocycles. The Kier molecular flexibility index (Phi) is 4.50. The fraction of sp³-hybridized carbons (Fsp3) is 0.143. The van der Waals surface area contributed by atoms with E-state index in [9.17, 15) is 4.79 Å². The molecule has 0 saturated heterocycles. The number of carbonyl (C=O) groups is 1. The minimum Gasteiger partial charge on any atom is -0.301 e. The third kappa shape index (κ3) is 3.52. The fourth-order valence-electron chi connectivity index (χ4n) is 1.79. The van der Waals surface area contributed by atoms with E-state index in [-0.39, 0.29) is 11.7 Å². The van der Waals surface area contributed by atoms with Crippen molar-refractivity contribution in [2.24, 2.45) is 0 Å². The highest BCUT2D eigenvalue weighted by Crippen LogP contribution is 2.20. The van der Waals surface area contributed by atoms with Crippen LogP contribution in [0.1, 0.15) is 5.69 Å². The van der Waals surface area contributed by atoms with E-state index in [0.29, 0.717) is 10.3 Å². The minimum absolute atomic E-state index is 0.109. The van der Waals surface area contributed by atoms with E-state index in [1.807, 2.05) is 47.2 Å². The van der Waals surface area contributed by atoms with Crippen LogP contribution >= 0.6 is 23.1 Å².